The predicted molar refractivity (Wildman–Crippen MR) is 110 cm³/mol. The van der Waals surface area contributed by atoms with E-state index >= 15 is 0 Å². The van der Waals surface area contributed by atoms with Crippen LogP contribution in [0.1, 0.15) is 45.6 Å². The molecule has 0 aromatic heterocycles. The number of unbranched alkanes of at least 4 members (excludes halogenated alkanes) is 1. The lowest BCUT2D eigenvalue weighted by Gasteiger charge is -2.25. The van der Waals surface area contributed by atoms with Gasteiger partial charge >= 0.3 is 12.2 Å². The van der Waals surface area contributed by atoms with E-state index in [1.807, 2.05) is 30.3 Å². The summed E-state index contributed by atoms with van der Waals surface area (Å²) in [5, 5.41) is 5.31. The van der Waals surface area contributed by atoms with E-state index in [4.69, 9.17) is 9.47 Å². The van der Waals surface area contributed by atoms with E-state index in [0.717, 1.165) is 5.56 Å². The summed E-state index contributed by atoms with van der Waals surface area (Å²) in [4.78, 5) is 37.4. The Bertz CT molecular complexity index is 656. The molecule has 0 aliphatic rings. The zero-order valence-corrected chi connectivity index (χ0v) is 18.0. The van der Waals surface area contributed by atoms with Crippen molar-refractivity contribution in [1.82, 2.24) is 15.5 Å². The van der Waals surface area contributed by atoms with Gasteiger partial charge in [-0.3, -0.25) is 4.79 Å². The Kier molecular flexibility index (Phi) is 9.99. The zero-order valence-electron chi connectivity index (χ0n) is 18.0. The summed E-state index contributed by atoms with van der Waals surface area (Å²) in [5.41, 5.74) is 0.278. The second kappa shape index (κ2) is 11.9. The molecule has 2 N–H and O–H groups in total. The van der Waals surface area contributed by atoms with E-state index in [1.54, 1.807) is 34.9 Å². The number of hydrogen-bond donors (Lipinski definition) is 2. The van der Waals surface area contributed by atoms with Crippen molar-refractivity contribution in [3.05, 3.63) is 35.9 Å². The first-order chi connectivity index (χ1) is 13.6. The molecule has 29 heavy (non-hydrogen) atoms. The smallest absolute Gasteiger partial charge is 0.408 e. The van der Waals surface area contributed by atoms with Crippen LogP contribution in [0.5, 0.6) is 0 Å². The number of benzene rings is 1. The summed E-state index contributed by atoms with van der Waals surface area (Å²) < 4.78 is 10.4. The molecule has 162 valence electrons. The van der Waals surface area contributed by atoms with Crippen LogP contribution in [-0.2, 0) is 20.9 Å². The summed E-state index contributed by atoms with van der Waals surface area (Å²) in [7, 11) is 3.27. The summed E-state index contributed by atoms with van der Waals surface area (Å²) >= 11 is 0. The van der Waals surface area contributed by atoms with Crippen LogP contribution in [0.25, 0.3) is 0 Å². The van der Waals surface area contributed by atoms with E-state index in [-0.39, 0.29) is 12.5 Å². The van der Waals surface area contributed by atoms with Crippen LogP contribution in [0.2, 0.25) is 0 Å². The van der Waals surface area contributed by atoms with Crippen LogP contribution in [0.3, 0.4) is 0 Å². The number of amides is 3. The van der Waals surface area contributed by atoms with Crippen molar-refractivity contribution in [3.63, 3.8) is 0 Å². The van der Waals surface area contributed by atoms with E-state index < -0.39 is 23.8 Å². The highest BCUT2D eigenvalue weighted by molar-refractivity contribution is 5.85. The molecule has 0 bridgehead atoms. The largest absolute Gasteiger partial charge is 0.445 e. The van der Waals surface area contributed by atoms with Gasteiger partial charge in [-0.2, -0.15) is 0 Å². The predicted octanol–water partition coefficient (Wildman–Crippen LogP) is 3.06. The lowest BCUT2D eigenvalue weighted by molar-refractivity contribution is -0.131. The van der Waals surface area contributed by atoms with Crippen molar-refractivity contribution in [1.29, 1.82) is 0 Å². The molecule has 0 unspecified atom stereocenters. The molecule has 1 rings (SSSR count). The maximum Gasteiger partial charge on any atom is 0.408 e. The molecular formula is C21H33N3O5. The molecule has 0 heterocycles. The molecule has 0 spiro atoms. The lowest BCUT2D eigenvalue weighted by atomic mass is 10.1. The van der Waals surface area contributed by atoms with Gasteiger partial charge in [0.05, 0.1) is 0 Å². The molecule has 8 nitrogen and oxygen atoms in total. The third-order valence-corrected chi connectivity index (χ3v) is 3.83. The molecule has 0 saturated carbocycles. The molecule has 0 aliphatic heterocycles. The Labute approximate surface area is 172 Å². The first kappa shape index (κ1) is 24.3. The Morgan fingerprint density at radius 2 is 1.69 bits per heavy atom. The summed E-state index contributed by atoms with van der Waals surface area (Å²) in [5.74, 6) is -0.203. The summed E-state index contributed by atoms with van der Waals surface area (Å²) in [6.07, 6.45) is 0.617. The van der Waals surface area contributed by atoms with Crippen molar-refractivity contribution < 1.29 is 23.9 Å². The molecule has 1 atom stereocenters. The topological polar surface area (TPSA) is 97.0 Å². The minimum Gasteiger partial charge on any atom is -0.445 e. The number of nitrogens with zero attached hydrogens (tertiary/aromatic N) is 1. The Morgan fingerprint density at radius 1 is 1.03 bits per heavy atom. The minimum atomic E-state index is -0.676. The van der Waals surface area contributed by atoms with Gasteiger partial charge in [-0.05, 0) is 45.6 Å². The van der Waals surface area contributed by atoms with Crippen LogP contribution in [-0.4, -0.2) is 55.3 Å². The standard InChI is InChI=1S/C21H33N3O5/c1-21(2,3)29-20(27)23-17(18(25)24(4)5)13-9-10-14-22-19(26)28-15-16-11-7-6-8-12-16/h6-8,11-12,17H,9-10,13-15H2,1-5H3,(H,22,26)(H,23,27)/t17-/m0/s1. The van der Waals surface area contributed by atoms with Crippen molar-refractivity contribution in [2.24, 2.45) is 0 Å². The first-order valence-corrected chi connectivity index (χ1v) is 9.73. The second-order valence-corrected chi connectivity index (χ2v) is 7.92. The lowest BCUT2D eigenvalue weighted by Crippen LogP contribution is -2.47. The van der Waals surface area contributed by atoms with E-state index in [0.29, 0.717) is 25.8 Å². The fourth-order valence-electron chi connectivity index (χ4n) is 2.46. The number of nitrogens with one attached hydrogen (secondary N) is 2. The Hall–Kier alpha value is -2.77. The van der Waals surface area contributed by atoms with Crippen molar-refractivity contribution in [2.75, 3.05) is 20.6 Å². The molecular weight excluding hydrogens is 374 g/mol. The van der Waals surface area contributed by atoms with Crippen LogP contribution in [0.4, 0.5) is 9.59 Å². The molecule has 1 aromatic rings. The fraction of sp³-hybridized carbons (Fsp3) is 0.571. The summed E-state index contributed by atoms with van der Waals surface area (Å²) in [6, 6.07) is 8.75. The number of rotatable bonds is 9. The second-order valence-electron chi connectivity index (χ2n) is 7.92. The van der Waals surface area contributed by atoms with Gasteiger partial charge in [-0.15, -0.1) is 0 Å². The summed E-state index contributed by atoms with van der Waals surface area (Å²) in [6.45, 7) is 5.92. The van der Waals surface area contributed by atoms with Crippen LogP contribution >= 0.6 is 0 Å². The molecule has 0 aliphatic carbocycles. The SMILES string of the molecule is CN(C)C(=O)[C@H](CCCCNC(=O)OCc1ccccc1)NC(=O)OC(C)(C)C. The molecule has 0 fully saturated rings. The number of ether oxygens (including phenoxy) is 2. The van der Waals surface area contributed by atoms with Crippen molar-refractivity contribution in [2.45, 2.75) is 58.3 Å². The number of carbonyl (C=O) groups is 3. The number of alkyl carbamates (subject to hydrolysis) is 2. The van der Waals surface area contributed by atoms with E-state index in [2.05, 4.69) is 10.6 Å². The van der Waals surface area contributed by atoms with Gasteiger partial charge in [0.15, 0.2) is 0 Å². The van der Waals surface area contributed by atoms with Crippen LogP contribution in [0.15, 0.2) is 30.3 Å². The third kappa shape index (κ3) is 11.0. The number of carbonyl (C=O) groups excluding carboxylic acids is 3. The average molecular weight is 408 g/mol. The molecule has 8 heteroatoms. The number of hydrogen-bond acceptors (Lipinski definition) is 5. The monoisotopic (exact) mass is 407 g/mol. The molecule has 3 amide bonds. The van der Waals surface area contributed by atoms with Gasteiger partial charge in [-0.1, -0.05) is 30.3 Å². The normalized spacial score (nSPS) is 11.9. The van der Waals surface area contributed by atoms with Gasteiger partial charge in [0.1, 0.15) is 18.2 Å². The molecule has 0 radical (unpaired) electrons. The Balaban J connectivity index is 2.33. The average Bonchev–Trinajstić information content (AvgIpc) is 2.63. The van der Waals surface area contributed by atoms with E-state index in [1.165, 1.54) is 4.90 Å². The fourth-order valence-corrected chi connectivity index (χ4v) is 2.46. The van der Waals surface area contributed by atoms with E-state index in [9.17, 15) is 14.4 Å². The maximum atomic E-state index is 12.3. The van der Waals surface area contributed by atoms with Crippen LogP contribution in [0, 0.1) is 0 Å². The molecule has 1 aromatic carbocycles. The third-order valence-electron chi connectivity index (χ3n) is 3.83. The Morgan fingerprint density at radius 3 is 2.28 bits per heavy atom. The van der Waals surface area contributed by atoms with Gasteiger partial charge < -0.3 is 25.0 Å². The highest BCUT2D eigenvalue weighted by Gasteiger charge is 2.25. The number of likely N-dealkylation sites (N-methyl/N-ethyl adjacent to an activating group) is 1. The maximum absolute atomic E-state index is 12.3. The van der Waals surface area contributed by atoms with Gasteiger partial charge in [0.2, 0.25) is 5.91 Å². The first-order valence-electron chi connectivity index (χ1n) is 9.73. The van der Waals surface area contributed by atoms with Crippen LogP contribution < -0.4 is 10.6 Å². The molecule has 0 saturated heterocycles. The van der Waals surface area contributed by atoms with Gasteiger partial charge in [0, 0.05) is 20.6 Å². The van der Waals surface area contributed by atoms with Gasteiger partial charge in [0.25, 0.3) is 0 Å². The van der Waals surface area contributed by atoms with Gasteiger partial charge in [-0.25, -0.2) is 9.59 Å². The highest BCUT2D eigenvalue weighted by atomic mass is 16.6. The van der Waals surface area contributed by atoms with Crippen molar-refractivity contribution in [3.8, 4) is 0 Å². The quantitative estimate of drug-likeness (QED) is 0.613. The zero-order chi connectivity index (χ0) is 21.9. The minimum absolute atomic E-state index is 0.203. The highest BCUT2D eigenvalue weighted by Crippen LogP contribution is 2.09. The van der Waals surface area contributed by atoms with Crippen molar-refractivity contribution >= 4 is 18.1 Å².